The zero-order chi connectivity index (χ0) is 11.6. The number of likely N-dealkylation sites (tertiary alicyclic amines) is 1. The van der Waals surface area contributed by atoms with Gasteiger partial charge in [-0.1, -0.05) is 0 Å². The fourth-order valence-corrected chi connectivity index (χ4v) is 1.12. The maximum absolute atomic E-state index is 11.6. The van der Waals surface area contributed by atoms with Gasteiger partial charge >= 0.3 is 18.1 Å². The van der Waals surface area contributed by atoms with Crippen LogP contribution in [0.1, 0.15) is 0 Å². The molecule has 0 aromatic carbocycles. The first-order chi connectivity index (χ1) is 6.79. The molecule has 8 heteroatoms. The molecule has 1 fully saturated rings. The molecule has 15 heavy (non-hydrogen) atoms. The molecule has 0 bridgehead atoms. The van der Waals surface area contributed by atoms with E-state index in [9.17, 15) is 22.8 Å². The Morgan fingerprint density at radius 2 is 1.93 bits per heavy atom. The van der Waals surface area contributed by atoms with Crippen LogP contribution < -0.4 is 5.73 Å². The van der Waals surface area contributed by atoms with Crippen molar-refractivity contribution in [3.05, 3.63) is 0 Å². The number of hydrogen-bond donors (Lipinski definition) is 1. The highest BCUT2D eigenvalue weighted by atomic mass is 19.4. The van der Waals surface area contributed by atoms with Crippen molar-refractivity contribution in [3.8, 4) is 0 Å². The Balaban J connectivity index is 2.27. The van der Waals surface area contributed by atoms with E-state index in [1.165, 1.54) is 4.90 Å². The Hall–Kier alpha value is -1.15. The lowest BCUT2D eigenvalue weighted by Crippen LogP contribution is -2.57. The first-order valence-corrected chi connectivity index (χ1v) is 4.09. The Kier molecular flexibility index (Phi) is 3.30. The van der Waals surface area contributed by atoms with E-state index in [2.05, 4.69) is 4.74 Å². The van der Waals surface area contributed by atoms with Gasteiger partial charge in [0.1, 0.15) is 0 Å². The van der Waals surface area contributed by atoms with Crippen LogP contribution in [0.25, 0.3) is 0 Å². The van der Waals surface area contributed by atoms with Crippen molar-refractivity contribution >= 4 is 11.9 Å². The van der Waals surface area contributed by atoms with Crippen molar-refractivity contribution in [2.45, 2.75) is 12.2 Å². The third-order valence-corrected chi connectivity index (χ3v) is 1.78. The lowest BCUT2D eigenvalue weighted by molar-refractivity contribution is -0.202. The highest BCUT2D eigenvalue weighted by Crippen LogP contribution is 2.16. The van der Waals surface area contributed by atoms with Crippen LogP contribution in [0, 0.1) is 0 Å². The number of rotatable bonds is 2. The summed E-state index contributed by atoms with van der Waals surface area (Å²) in [5, 5.41) is 0. The SMILES string of the molecule is NC1CN(CC(=O)OC(=O)C(F)(F)F)C1. The van der Waals surface area contributed by atoms with Crippen LogP contribution in [-0.2, 0) is 14.3 Å². The summed E-state index contributed by atoms with van der Waals surface area (Å²) in [6.07, 6.45) is -5.14. The largest absolute Gasteiger partial charge is 0.491 e. The zero-order valence-electron chi connectivity index (χ0n) is 7.58. The molecule has 0 aromatic rings. The Bertz CT molecular complexity index is 273. The summed E-state index contributed by atoms with van der Waals surface area (Å²) < 4.78 is 38.5. The fraction of sp³-hybridized carbons (Fsp3) is 0.714. The number of esters is 2. The number of nitrogens with two attached hydrogens (primary N) is 1. The standard InChI is InChI=1S/C7H9F3N2O3/c8-7(9,10)6(14)15-5(13)3-12-1-4(11)2-12/h4H,1-3,11H2. The van der Waals surface area contributed by atoms with Crippen molar-refractivity contribution in [1.82, 2.24) is 4.90 Å². The van der Waals surface area contributed by atoms with E-state index in [0.717, 1.165) is 0 Å². The predicted molar refractivity (Wildman–Crippen MR) is 41.6 cm³/mol. The summed E-state index contributed by atoms with van der Waals surface area (Å²) in [7, 11) is 0. The van der Waals surface area contributed by atoms with Crippen LogP contribution in [0.15, 0.2) is 0 Å². The Labute approximate surface area is 83.0 Å². The molecular weight excluding hydrogens is 217 g/mol. The van der Waals surface area contributed by atoms with Gasteiger partial charge in [0.2, 0.25) is 0 Å². The summed E-state index contributed by atoms with van der Waals surface area (Å²) in [5.41, 5.74) is 5.37. The van der Waals surface area contributed by atoms with Crippen LogP contribution >= 0.6 is 0 Å². The van der Waals surface area contributed by atoms with Crippen LogP contribution in [-0.4, -0.2) is 48.7 Å². The third kappa shape index (κ3) is 3.48. The van der Waals surface area contributed by atoms with Gasteiger partial charge in [0, 0.05) is 19.1 Å². The van der Waals surface area contributed by atoms with Gasteiger partial charge in [0.15, 0.2) is 0 Å². The minimum Gasteiger partial charge on any atom is -0.385 e. The maximum atomic E-state index is 11.6. The number of carbonyl (C=O) groups excluding carboxylic acids is 2. The van der Waals surface area contributed by atoms with E-state index >= 15 is 0 Å². The van der Waals surface area contributed by atoms with Gasteiger partial charge in [0.05, 0.1) is 6.54 Å². The topological polar surface area (TPSA) is 72.6 Å². The van der Waals surface area contributed by atoms with E-state index in [0.29, 0.717) is 13.1 Å². The monoisotopic (exact) mass is 226 g/mol. The number of nitrogens with zero attached hydrogens (tertiary/aromatic N) is 1. The van der Waals surface area contributed by atoms with Crippen LogP contribution in [0.5, 0.6) is 0 Å². The molecule has 0 radical (unpaired) electrons. The van der Waals surface area contributed by atoms with E-state index in [1.54, 1.807) is 0 Å². The van der Waals surface area contributed by atoms with Gasteiger partial charge in [-0.15, -0.1) is 0 Å². The number of alkyl halides is 3. The van der Waals surface area contributed by atoms with Crippen LogP contribution in [0.2, 0.25) is 0 Å². The van der Waals surface area contributed by atoms with Gasteiger partial charge in [-0.05, 0) is 0 Å². The lowest BCUT2D eigenvalue weighted by atomic mass is 10.1. The Morgan fingerprint density at radius 1 is 1.40 bits per heavy atom. The molecule has 5 nitrogen and oxygen atoms in total. The molecule has 1 saturated heterocycles. The van der Waals surface area contributed by atoms with Crippen molar-refractivity contribution < 1.29 is 27.5 Å². The molecule has 2 N–H and O–H groups in total. The van der Waals surface area contributed by atoms with Gasteiger partial charge < -0.3 is 10.5 Å². The van der Waals surface area contributed by atoms with E-state index in [1.807, 2.05) is 0 Å². The smallest absolute Gasteiger partial charge is 0.385 e. The average molecular weight is 226 g/mol. The second kappa shape index (κ2) is 4.15. The van der Waals surface area contributed by atoms with Crippen LogP contribution in [0.4, 0.5) is 13.2 Å². The fourth-order valence-electron chi connectivity index (χ4n) is 1.12. The minimum absolute atomic E-state index is 0.0730. The molecule has 0 atom stereocenters. The predicted octanol–water partition coefficient (Wildman–Crippen LogP) is -0.739. The molecule has 86 valence electrons. The van der Waals surface area contributed by atoms with Crippen molar-refractivity contribution in [1.29, 1.82) is 0 Å². The highest BCUT2D eigenvalue weighted by molar-refractivity contribution is 5.89. The van der Waals surface area contributed by atoms with Gasteiger partial charge in [0.25, 0.3) is 0 Å². The highest BCUT2D eigenvalue weighted by Gasteiger charge is 2.42. The number of ether oxygens (including phenoxy) is 1. The first-order valence-electron chi connectivity index (χ1n) is 4.09. The summed E-state index contributed by atoms with van der Waals surface area (Å²) in [6, 6.07) is -0.0730. The molecule has 1 rings (SSSR count). The lowest BCUT2D eigenvalue weighted by Gasteiger charge is -2.35. The summed E-state index contributed by atoms with van der Waals surface area (Å²) in [4.78, 5) is 22.5. The summed E-state index contributed by atoms with van der Waals surface area (Å²) in [6.45, 7) is 0.472. The first kappa shape index (κ1) is 11.9. The summed E-state index contributed by atoms with van der Waals surface area (Å²) >= 11 is 0. The normalized spacial score (nSPS) is 18.4. The van der Waals surface area contributed by atoms with Gasteiger partial charge in [-0.2, -0.15) is 13.2 Å². The second-order valence-electron chi connectivity index (χ2n) is 3.21. The van der Waals surface area contributed by atoms with Gasteiger partial charge in [-0.25, -0.2) is 4.79 Å². The minimum atomic E-state index is -5.14. The zero-order valence-corrected chi connectivity index (χ0v) is 7.58. The van der Waals surface area contributed by atoms with E-state index in [-0.39, 0.29) is 12.6 Å². The molecule has 0 saturated carbocycles. The van der Waals surface area contributed by atoms with E-state index < -0.39 is 18.1 Å². The molecule has 0 spiro atoms. The average Bonchev–Trinajstić information content (AvgIpc) is 1.99. The molecule has 1 heterocycles. The number of carbonyl (C=O) groups is 2. The molecule has 0 amide bonds. The molecule has 1 aliphatic heterocycles. The quantitative estimate of drug-likeness (QED) is 0.496. The van der Waals surface area contributed by atoms with Crippen molar-refractivity contribution in [2.75, 3.05) is 19.6 Å². The molecule has 1 aliphatic rings. The number of halogens is 3. The molecule has 0 aromatic heterocycles. The van der Waals surface area contributed by atoms with Crippen molar-refractivity contribution in [2.24, 2.45) is 5.73 Å². The molecule has 0 unspecified atom stereocenters. The maximum Gasteiger partial charge on any atom is 0.491 e. The molecule has 0 aliphatic carbocycles. The summed E-state index contributed by atoms with van der Waals surface area (Å²) in [5.74, 6) is -3.71. The Morgan fingerprint density at radius 3 is 2.33 bits per heavy atom. The van der Waals surface area contributed by atoms with Gasteiger partial charge in [-0.3, -0.25) is 9.69 Å². The van der Waals surface area contributed by atoms with E-state index in [4.69, 9.17) is 5.73 Å². The third-order valence-electron chi connectivity index (χ3n) is 1.78. The molecular formula is C7H9F3N2O3. The van der Waals surface area contributed by atoms with Crippen molar-refractivity contribution in [3.63, 3.8) is 0 Å². The van der Waals surface area contributed by atoms with Crippen LogP contribution in [0.3, 0.4) is 0 Å². The second-order valence-corrected chi connectivity index (χ2v) is 3.21. The number of hydrogen-bond acceptors (Lipinski definition) is 5.